The minimum absolute atomic E-state index is 0.129. The van der Waals surface area contributed by atoms with Crippen molar-refractivity contribution in [3.05, 3.63) is 59.2 Å². The summed E-state index contributed by atoms with van der Waals surface area (Å²) in [6.45, 7) is 4.06. The number of H-pyrrole nitrogens is 1. The molecule has 0 atom stereocenters. The van der Waals surface area contributed by atoms with Gasteiger partial charge in [0, 0.05) is 16.6 Å². The van der Waals surface area contributed by atoms with Crippen LogP contribution in [0.3, 0.4) is 0 Å². The molecule has 0 bridgehead atoms. The Kier molecular flexibility index (Phi) is 4.37. The highest BCUT2D eigenvalue weighted by molar-refractivity contribution is 6.08. The van der Waals surface area contributed by atoms with Gasteiger partial charge in [-0.1, -0.05) is 18.2 Å². The largest absolute Gasteiger partial charge is 0.460 e. The molecule has 3 rings (SSSR count). The van der Waals surface area contributed by atoms with Crippen LogP contribution >= 0.6 is 0 Å². The van der Waals surface area contributed by atoms with E-state index in [2.05, 4.69) is 10.3 Å². The molecule has 0 saturated carbocycles. The SMILES string of the molecule is CCOC(=O)c1ccc(CNC(=O)c2c(C)[nH]c3ccccc23)o1. The number of aryl methyl sites for hydroxylation is 1. The third-order valence-corrected chi connectivity index (χ3v) is 3.68. The molecule has 0 unspecified atom stereocenters. The molecule has 6 heteroatoms. The Hall–Kier alpha value is -3.02. The number of furan rings is 1. The van der Waals surface area contributed by atoms with Gasteiger partial charge in [0.05, 0.1) is 18.7 Å². The normalized spacial score (nSPS) is 10.8. The quantitative estimate of drug-likeness (QED) is 0.705. The summed E-state index contributed by atoms with van der Waals surface area (Å²) in [6.07, 6.45) is 0. The van der Waals surface area contributed by atoms with E-state index >= 15 is 0 Å². The van der Waals surface area contributed by atoms with E-state index < -0.39 is 5.97 Å². The number of hydrogen-bond donors (Lipinski definition) is 2. The molecule has 0 saturated heterocycles. The van der Waals surface area contributed by atoms with Crippen molar-refractivity contribution in [1.29, 1.82) is 0 Å². The van der Waals surface area contributed by atoms with Crippen LogP contribution in [0.4, 0.5) is 0 Å². The van der Waals surface area contributed by atoms with Crippen LogP contribution in [-0.4, -0.2) is 23.5 Å². The number of esters is 1. The summed E-state index contributed by atoms with van der Waals surface area (Å²) in [5, 5.41) is 3.69. The Morgan fingerprint density at radius 1 is 1.21 bits per heavy atom. The van der Waals surface area contributed by atoms with Crippen molar-refractivity contribution in [2.45, 2.75) is 20.4 Å². The highest BCUT2D eigenvalue weighted by atomic mass is 16.5. The first-order valence-electron chi connectivity index (χ1n) is 7.71. The van der Waals surface area contributed by atoms with E-state index in [1.807, 2.05) is 31.2 Å². The Morgan fingerprint density at radius 2 is 2.00 bits per heavy atom. The second-order valence-electron chi connectivity index (χ2n) is 5.34. The molecule has 6 nitrogen and oxygen atoms in total. The van der Waals surface area contributed by atoms with Gasteiger partial charge in [0.2, 0.25) is 5.76 Å². The lowest BCUT2D eigenvalue weighted by Gasteiger charge is -2.04. The zero-order valence-corrected chi connectivity index (χ0v) is 13.5. The van der Waals surface area contributed by atoms with Crippen molar-refractivity contribution in [1.82, 2.24) is 10.3 Å². The number of carbonyl (C=O) groups is 2. The fraction of sp³-hybridized carbons (Fsp3) is 0.222. The van der Waals surface area contributed by atoms with Crippen LogP contribution in [0.25, 0.3) is 10.9 Å². The molecule has 24 heavy (non-hydrogen) atoms. The molecule has 0 aliphatic heterocycles. The lowest BCUT2D eigenvalue weighted by atomic mass is 10.1. The summed E-state index contributed by atoms with van der Waals surface area (Å²) >= 11 is 0. The molecule has 0 spiro atoms. The van der Waals surface area contributed by atoms with E-state index in [0.29, 0.717) is 11.3 Å². The lowest BCUT2D eigenvalue weighted by molar-refractivity contribution is 0.0488. The first-order valence-corrected chi connectivity index (χ1v) is 7.71. The number of rotatable bonds is 5. The van der Waals surface area contributed by atoms with Crippen LogP contribution in [0, 0.1) is 6.92 Å². The van der Waals surface area contributed by atoms with Gasteiger partial charge in [0.25, 0.3) is 5.91 Å². The zero-order valence-electron chi connectivity index (χ0n) is 13.5. The summed E-state index contributed by atoms with van der Waals surface area (Å²) in [7, 11) is 0. The first kappa shape index (κ1) is 15.9. The fourth-order valence-corrected chi connectivity index (χ4v) is 2.61. The Morgan fingerprint density at radius 3 is 2.79 bits per heavy atom. The number of aromatic nitrogens is 1. The molecular formula is C18H18N2O4. The Balaban J connectivity index is 1.71. The maximum absolute atomic E-state index is 12.5. The van der Waals surface area contributed by atoms with Gasteiger partial charge in [0.15, 0.2) is 0 Å². The lowest BCUT2D eigenvalue weighted by Crippen LogP contribution is -2.23. The molecule has 0 radical (unpaired) electrons. The van der Waals surface area contributed by atoms with E-state index in [9.17, 15) is 9.59 Å². The summed E-state index contributed by atoms with van der Waals surface area (Å²) in [6, 6.07) is 10.8. The average molecular weight is 326 g/mol. The van der Waals surface area contributed by atoms with E-state index in [4.69, 9.17) is 9.15 Å². The van der Waals surface area contributed by atoms with Crippen molar-refractivity contribution < 1.29 is 18.7 Å². The standard InChI is InChI=1S/C18H18N2O4/c1-3-23-18(22)15-9-8-12(24-15)10-19-17(21)16-11(2)20-14-7-5-4-6-13(14)16/h4-9,20H,3,10H2,1-2H3,(H,19,21). The third kappa shape index (κ3) is 3.03. The van der Waals surface area contributed by atoms with Crippen LogP contribution in [0.15, 0.2) is 40.8 Å². The summed E-state index contributed by atoms with van der Waals surface area (Å²) in [5.74, 6) is -0.0881. The van der Waals surface area contributed by atoms with Crippen molar-refractivity contribution in [3.63, 3.8) is 0 Å². The van der Waals surface area contributed by atoms with Crippen molar-refractivity contribution >= 4 is 22.8 Å². The molecule has 0 aliphatic rings. The highest BCUT2D eigenvalue weighted by Crippen LogP contribution is 2.21. The zero-order chi connectivity index (χ0) is 17.1. The van der Waals surface area contributed by atoms with E-state index in [0.717, 1.165) is 16.6 Å². The first-order chi connectivity index (χ1) is 11.6. The highest BCUT2D eigenvalue weighted by Gasteiger charge is 2.17. The van der Waals surface area contributed by atoms with Gasteiger partial charge >= 0.3 is 5.97 Å². The minimum atomic E-state index is -0.512. The Labute approximate surface area is 138 Å². The van der Waals surface area contributed by atoms with Crippen LogP contribution in [0.5, 0.6) is 0 Å². The Bertz CT molecular complexity index is 891. The predicted molar refractivity (Wildman–Crippen MR) is 88.9 cm³/mol. The van der Waals surface area contributed by atoms with E-state index in [-0.39, 0.29) is 24.8 Å². The van der Waals surface area contributed by atoms with Crippen molar-refractivity contribution in [3.8, 4) is 0 Å². The molecule has 2 N–H and O–H groups in total. The second-order valence-corrected chi connectivity index (χ2v) is 5.34. The number of benzene rings is 1. The number of nitrogens with one attached hydrogen (secondary N) is 2. The molecular weight excluding hydrogens is 308 g/mol. The number of amides is 1. The summed E-state index contributed by atoms with van der Waals surface area (Å²) < 4.78 is 10.3. The molecule has 1 aromatic carbocycles. The van der Waals surface area contributed by atoms with Gasteiger partial charge in [-0.15, -0.1) is 0 Å². The van der Waals surface area contributed by atoms with Crippen molar-refractivity contribution in [2.75, 3.05) is 6.61 Å². The molecule has 2 heterocycles. The topological polar surface area (TPSA) is 84.3 Å². The number of ether oxygens (including phenoxy) is 1. The van der Waals surface area contributed by atoms with E-state index in [1.165, 1.54) is 6.07 Å². The number of fused-ring (bicyclic) bond motifs is 1. The molecule has 0 fully saturated rings. The number of para-hydroxylation sites is 1. The van der Waals surface area contributed by atoms with Gasteiger partial charge in [-0.3, -0.25) is 4.79 Å². The molecule has 124 valence electrons. The predicted octanol–water partition coefficient (Wildman–Crippen LogP) is 3.18. The second kappa shape index (κ2) is 6.62. The van der Waals surface area contributed by atoms with Crippen LogP contribution in [-0.2, 0) is 11.3 Å². The van der Waals surface area contributed by atoms with Crippen LogP contribution < -0.4 is 5.32 Å². The monoisotopic (exact) mass is 326 g/mol. The molecule has 2 aromatic heterocycles. The van der Waals surface area contributed by atoms with Gasteiger partial charge in [-0.05, 0) is 32.0 Å². The maximum atomic E-state index is 12.5. The minimum Gasteiger partial charge on any atom is -0.460 e. The maximum Gasteiger partial charge on any atom is 0.374 e. The van der Waals surface area contributed by atoms with Gasteiger partial charge in [-0.2, -0.15) is 0 Å². The summed E-state index contributed by atoms with van der Waals surface area (Å²) in [4.78, 5) is 27.3. The van der Waals surface area contributed by atoms with Crippen LogP contribution in [0.2, 0.25) is 0 Å². The summed E-state index contributed by atoms with van der Waals surface area (Å²) in [5.41, 5.74) is 2.34. The molecule has 1 amide bonds. The third-order valence-electron chi connectivity index (χ3n) is 3.68. The fourth-order valence-electron chi connectivity index (χ4n) is 2.61. The molecule has 3 aromatic rings. The van der Waals surface area contributed by atoms with E-state index in [1.54, 1.807) is 13.0 Å². The number of aromatic amines is 1. The average Bonchev–Trinajstić information content (AvgIpc) is 3.16. The van der Waals surface area contributed by atoms with Crippen LogP contribution in [0.1, 0.15) is 39.3 Å². The smallest absolute Gasteiger partial charge is 0.374 e. The number of carbonyl (C=O) groups excluding carboxylic acids is 2. The van der Waals surface area contributed by atoms with Gasteiger partial charge < -0.3 is 19.5 Å². The van der Waals surface area contributed by atoms with Gasteiger partial charge in [-0.25, -0.2) is 4.79 Å². The molecule has 0 aliphatic carbocycles. The van der Waals surface area contributed by atoms with Crippen molar-refractivity contribution in [2.24, 2.45) is 0 Å². The number of hydrogen-bond acceptors (Lipinski definition) is 4. The van der Waals surface area contributed by atoms with Gasteiger partial charge in [0.1, 0.15) is 5.76 Å².